The second-order valence-electron chi connectivity index (χ2n) is 7.52. The molecule has 1 aromatic carbocycles. The minimum absolute atomic E-state index is 0.0138. The molecule has 1 amide bonds. The van der Waals surface area contributed by atoms with Crippen LogP contribution in [0.5, 0.6) is 0 Å². The molecule has 0 aromatic heterocycles. The van der Waals surface area contributed by atoms with Gasteiger partial charge in [0.05, 0.1) is 0 Å². The molecule has 1 saturated carbocycles. The first-order chi connectivity index (χ1) is 11.6. The van der Waals surface area contributed by atoms with Crippen LogP contribution >= 0.6 is 0 Å². The molecule has 1 aromatic rings. The summed E-state index contributed by atoms with van der Waals surface area (Å²) < 4.78 is 0. The second-order valence-corrected chi connectivity index (χ2v) is 7.52. The first-order valence-electron chi connectivity index (χ1n) is 9.38. The zero-order chi connectivity index (χ0) is 17.0. The Hall–Kier alpha value is -1.39. The normalized spacial score (nSPS) is 23.6. The first-order valence-corrected chi connectivity index (χ1v) is 9.38. The van der Waals surface area contributed by atoms with E-state index in [1.165, 1.54) is 6.42 Å². The van der Waals surface area contributed by atoms with Crippen molar-refractivity contribution in [2.24, 2.45) is 5.92 Å². The number of carbonyl (C=O) groups is 1. The van der Waals surface area contributed by atoms with Gasteiger partial charge in [0.1, 0.15) is 0 Å². The lowest BCUT2D eigenvalue weighted by atomic mass is 9.72. The van der Waals surface area contributed by atoms with Gasteiger partial charge in [-0.1, -0.05) is 49.6 Å². The smallest absolute Gasteiger partial charge is 0.257 e. The molecule has 0 radical (unpaired) electrons. The van der Waals surface area contributed by atoms with Gasteiger partial charge >= 0.3 is 0 Å². The van der Waals surface area contributed by atoms with Gasteiger partial charge in [-0.3, -0.25) is 4.79 Å². The van der Waals surface area contributed by atoms with Gasteiger partial charge in [-0.2, -0.15) is 0 Å². The van der Waals surface area contributed by atoms with Crippen LogP contribution in [0.2, 0.25) is 0 Å². The van der Waals surface area contributed by atoms with Crippen LogP contribution in [0.4, 0.5) is 0 Å². The van der Waals surface area contributed by atoms with Crippen molar-refractivity contribution < 1.29 is 9.90 Å². The predicted octanol–water partition coefficient (Wildman–Crippen LogP) is 2.66. The Morgan fingerprint density at radius 2 is 1.71 bits per heavy atom. The number of hydrogen-bond acceptors (Lipinski definition) is 3. The third kappa shape index (κ3) is 3.65. The Labute approximate surface area is 145 Å². The lowest BCUT2D eigenvalue weighted by molar-refractivity contribution is -0.150. The van der Waals surface area contributed by atoms with Crippen LogP contribution in [-0.2, 0) is 10.4 Å². The Morgan fingerprint density at radius 3 is 2.33 bits per heavy atom. The Balaban J connectivity index is 1.80. The molecule has 1 unspecified atom stereocenters. The topological polar surface area (TPSA) is 52.6 Å². The van der Waals surface area contributed by atoms with Crippen molar-refractivity contribution in [3.05, 3.63) is 35.9 Å². The largest absolute Gasteiger partial charge is 0.375 e. The molecule has 2 aliphatic rings. The summed E-state index contributed by atoms with van der Waals surface area (Å²) in [6.07, 6.45) is 7.16. The minimum Gasteiger partial charge on any atom is -0.375 e. The van der Waals surface area contributed by atoms with Crippen molar-refractivity contribution in [3.8, 4) is 0 Å². The van der Waals surface area contributed by atoms with E-state index in [1.807, 2.05) is 30.3 Å². The summed E-state index contributed by atoms with van der Waals surface area (Å²) in [5.41, 5.74) is -0.660. The fraction of sp³-hybridized carbons (Fsp3) is 0.650. The van der Waals surface area contributed by atoms with Crippen molar-refractivity contribution in [2.45, 2.75) is 56.6 Å². The maximum Gasteiger partial charge on any atom is 0.257 e. The molecule has 3 rings (SSSR count). The minimum atomic E-state index is -1.40. The second kappa shape index (κ2) is 7.66. The van der Waals surface area contributed by atoms with E-state index in [9.17, 15) is 9.90 Å². The lowest BCUT2D eigenvalue weighted by Crippen LogP contribution is -2.54. The van der Waals surface area contributed by atoms with E-state index in [0.717, 1.165) is 57.2 Å². The van der Waals surface area contributed by atoms with Crippen LogP contribution < -0.4 is 5.32 Å². The van der Waals surface area contributed by atoms with Crippen LogP contribution in [0.3, 0.4) is 0 Å². The molecule has 4 nitrogen and oxygen atoms in total. The zero-order valence-electron chi connectivity index (χ0n) is 14.7. The number of hydrogen-bond donors (Lipinski definition) is 2. The summed E-state index contributed by atoms with van der Waals surface area (Å²) in [4.78, 5) is 15.4. The summed E-state index contributed by atoms with van der Waals surface area (Å²) >= 11 is 0. The molecular weight excluding hydrogens is 300 g/mol. The highest BCUT2D eigenvalue weighted by Crippen LogP contribution is 2.39. The predicted molar refractivity (Wildman–Crippen MR) is 95.6 cm³/mol. The third-order valence-corrected chi connectivity index (χ3v) is 5.81. The highest BCUT2D eigenvalue weighted by Gasteiger charge is 2.46. The number of carbonyl (C=O) groups excluding carboxylic acids is 1. The lowest BCUT2D eigenvalue weighted by Gasteiger charge is -2.39. The molecule has 1 aliphatic heterocycles. The first kappa shape index (κ1) is 17.4. The van der Waals surface area contributed by atoms with Crippen molar-refractivity contribution >= 4 is 5.91 Å². The van der Waals surface area contributed by atoms with E-state index in [1.54, 1.807) is 0 Å². The molecule has 132 valence electrons. The standard InChI is InChI=1S/C20H30N2O2/c1-22-14-12-18(13-15-22)21-19(23)20(24,16-8-4-2-5-9-16)17-10-6-3-7-11-17/h2,4-5,8-9,17-18,24H,3,6-7,10-15H2,1H3,(H,21,23). The van der Waals surface area contributed by atoms with E-state index in [4.69, 9.17) is 0 Å². The van der Waals surface area contributed by atoms with Crippen LogP contribution in [0.25, 0.3) is 0 Å². The van der Waals surface area contributed by atoms with Crippen LogP contribution in [0.15, 0.2) is 30.3 Å². The van der Waals surface area contributed by atoms with Crippen LogP contribution in [0.1, 0.15) is 50.5 Å². The number of benzene rings is 1. The summed E-state index contributed by atoms with van der Waals surface area (Å²) in [6, 6.07) is 9.70. The van der Waals surface area contributed by atoms with Gasteiger partial charge < -0.3 is 15.3 Å². The fourth-order valence-corrected chi connectivity index (χ4v) is 4.21. The molecule has 1 atom stereocenters. The van der Waals surface area contributed by atoms with Crippen LogP contribution in [0, 0.1) is 5.92 Å². The van der Waals surface area contributed by atoms with Gasteiger partial charge in [0, 0.05) is 12.0 Å². The van der Waals surface area contributed by atoms with E-state index in [0.29, 0.717) is 0 Å². The quantitative estimate of drug-likeness (QED) is 0.892. The van der Waals surface area contributed by atoms with Crippen LogP contribution in [-0.4, -0.2) is 42.1 Å². The number of piperidine rings is 1. The third-order valence-electron chi connectivity index (χ3n) is 5.81. The van der Waals surface area contributed by atoms with E-state index < -0.39 is 5.60 Å². The van der Waals surface area contributed by atoms with Gasteiger partial charge in [-0.25, -0.2) is 0 Å². The number of aliphatic hydroxyl groups is 1. The summed E-state index contributed by atoms with van der Waals surface area (Å²) in [7, 11) is 2.11. The van der Waals surface area contributed by atoms with E-state index in [-0.39, 0.29) is 17.9 Å². The molecule has 2 N–H and O–H groups in total. The summed E-state index contributed by atoms with van der Waals surface area (Å²) in [6.45, 7) is 2.00. The van der Waals surface area contributed by atoms with E-state index in [2.05, 4.69) is 17.3 Å². The van der Waals surface area contributed by atoms with Gasteiger partial charge in [0.25, 0.3) is 5.91 Å². The van der Waals surface area contributed by atoms with E-state index >= 15 is 0 Å². The molecule has 0 spiro atoms. The molecule has 1 heterocycles. The number of likely N-dealkylation sites (tertiary alicyclic amines) is 1. The van der Waals surface area contributed by atoms with Gasteiger partial charge in [0.15, 0.2) is 5.60 Å². The molecule has 2 fully saturated rings. The van der Waals surface area contributed by atoms with Crippen molar-refractivity contribution in [1.29, 1.82) is 0 Å². The fourth-order valence-electron chi connectivity index (χ4n) is 4.21. The van der Waals surface area contributed by atoms with Gasteiger partial charge in [0.2, 0.25) is 0 Å². The molecule has 1 saturated heterocycles. The molecule has 24 heavy (non-hydrogen) atoms. The monoisotopic (exact) mass is 330 g/mol. The number of nitrogens with zero attached hydrogens (tertiary/aromatic N) is 1. The number of amides is 1. The SMILES string of the molecule is CN1CCC(NC(=O)C(O)(c2ccccc2)C2CCCCC2)CC1. The highest BCUT2D eigenvalue weighted by atomic mass is 16.3. The number of rotatable bonds is 4. The molecule has 1 aliphatic carbocycles. The highest BCUT2D eigenvalue weighted by molar-refractivity contribution is 5.87. The van der Waals surface area contributed by atoms with Crippen molar-refractivity contribution in [2.75, 3.05) is 20.1 Å². The summed E-state index contributed by atoms with van der Waals surface area (Å²) in [5, 5.41) is 14.7. The Kier molecular flexibility index (Phi) is 5.57. The summed E-state index contributed by atoms with van der Waals surface area (Å²) in [5.74, 6) is -0.185. The number of nitrogens with one attached hydrogen (secondary N) is 1. The average Bonchev–Trinajstić information content (AvgIpc) is 2.64. The maximum atomic E-state index is 13.1. The Morgan fingerprint density at radius 1 is 1.08 bits per heavy atom. The van der Waals surface area contributed by atoms with Gasteiger partial charge in [-0.05, 0) is 51.4 Å². The molecule has 0 bridgehead atoms. The van der Waals surface area contributed by atoms with Crippen molar-refractivity contribution in [1.82, 2.24) is 10.2 Å². The van der Waals surface area contributed by atoms with Gasteiger partial charge in [-0.15, -0.1) is 0 Å². The average molecular weight is 330 g/mol. The Bertz CT molecular complexity index is 534. The van der Waals surface area contributed by atoms with Crippen molar-refractivity contribution in [3.63, 3.8) is 0 Å². The zero-order valence-corrected chi connectivity index (χ0v) is 14.7. The molecule has 4 heteroatoms. The maximum absolute atomic E-state index is 13.1. The molecular formula is C20H30N2O2.